The van der Waals surface area contributed by atoms with Crippen LogP contribution in [-0.2, 0) is 0 Å². The Morgan fingerprint density at radius 3 is 2.77 bits per heavy atom. The van der Waals surface area contributed by atoms with Gasteiger partial charge in [0.15, 0.2) is 5.65 Å². The summed E-state index contributed by atoms with van der Waals surface area (Å²) in [4.78, 5) is 4.54. The van der Waals surface area contributed by atoms with Crippen LogP contribution in [-0.4, -0.2) is 24.4 Å². The average molecular weight is 419 g/mol. The molecule has 3 aromatic heterocycles. The molecule has 1 aromatic carbocycles. The van der Waals surface area contributed by atoms with E-state index in [0.29, 0.717) is 17.2 Å². The summed E-state index contributed by atoms with van der Waals surface area (Å²) in [6, 6.07) is 4.64. The van der Waals surface area contributed by atoms with Gasteiger partial charge in [-0.1, -0.05) is 0 Å². The Kier molecular flexibility index (Phi) is 4.15. The lowest BCUT2D eigenvalue weighted by Crippen LogP contribution is -2.11. The molecule has 0 saturated carbocycles. The van der Waals surface area contributed by atoms with Gasteiger partial charge in [0, 0.05) is 18.0 Å². The summed E-state index contributed by atoms with van der Waals surface area (Å²) in [5, 5.41) is 11.6. The number of fused-ring (bicyclic) bond motifs is 1. The van der Waals surface area contributed by atoms with Gasteiger partial charge in [0.1, 0.15) is 23.1 Å². The highest BCUT2D eigenvalue weighted by atomic mass is 79.9. The van der Waals surface area contributed by atoms with Crippen molar-refractivity contribution >= 4 is 27.4 Å². The van der Waals surface area contributed by atoms with Crippen molar-refractivity contribution in [3.05, 3.63) is 70.7 Å². The molecule has 4 aromatic rings. The van der Waals surface area contributed by atoms with Crippen LogP contribution in [0.2, 0.25) is 0 Å². The van der Waals surface area contributed by atoms with Gasteiger partial charge >= 0.3 is 0 Å². The number of nitrogens with zero attached hydrogens (tertiary/aromatic N) is 5. The molecule has 0 aliphatic carbocycles. The second-order valence-corrected chi connectivity index (χ2v) is 6.66. The van der Waals surface area contributed by atoms with Crippen LogP contribution in [0, 0.1) is 11.6 Å². The third-order valence-corrected chi connectivity index (χ3v) is 4.35. The van der Waals surface area contributed by atoms with Crippen LogP contribution in [0.4, 0.5) is 14.6 Å². The largest absolute Gasteiger partial charge is 0.363 e. The van der Waals surface area contributed by atoms with Crippen molar-refractivity contribution in [1.82, 2.24) is 24.4 Å². The zero-order valence-electron chi connectivity index (χ0n) is 13.6. The van der Waals surface area contributed by atoms with Gasteiger partial charge in [-0.2, -0.15) is 10.2 Å². The van der Waals surface area contributed by atoms with E-state index in [1.807, 2.05) is 0 Å². The molecular weight excluding hydrogens is 406 g/mol. The minimum Gasteiger partial charge on any atom is -0.363 e. The van der Waals surface area contributed by atoms with Gasteiger partial charge in [0.25, 0.3) is 0 Å². The maximum Gasteiger partial charge on any atom is 0.183 e. The van der Waals surface area contributed by atoms with E-state index in [1.165, 1.54) is 6.07 Å². The van der Waals surface area contributed by atoms with Gasteiger partial charge in [-0.15, -0.1) is 0 Å². The smallest absolute Gasteiger partial charge is 0.183 e. The molecule has 0 radical (unpaired) electrons. The zero-order chi connectivity index (χ0) is 18.3. The number of hydrogen-bond donors (Lipinski definition) is 1. The van der Waals surface area contributed by atoms with Crippen molar-refractivity contribution in [2.24, 2.45) is 0 Å². The fraction of sp³-hybridized carbons (Fsp3) is 0.118. The van der Waals surface area contributed by atoms with E-state index in [-0.39, 0.29) is 5.56 Å². The number of nitrogens with one attached hydrogen (secondary N) is 1. The Morgan fingerprint density at radius 1 is 1.15 bits per heavy atom. The first-order valence-corrected chi connectivity index (χ1v) is 8.57. The Balaban J connectivity index is 1.68. The molecule has 9 heteroatoms. The molecule has 4 rings (SSSR count). The molecule has 1 N–H and O–H groups in total. The van der Waals surface area contributed by atoms with Crippen molar-refractivity contribution in [3.8, 4) is 5.69 Å². The average Bonchev–Trinajstić information content (AvgIpc) is 3.22. The molecule has 1 atom stereocenters. The van der Waals surface area contributed by atoms with Gasteiger partial charge in [-0.25, -0.2) is 23.0 Å². The summed E-state index contributed by atoms with van der Waals surface area (Å²) < 4.78 is 31.5. The third kappa shape index (κ3) is 3.05. The second kappa shape index (κ2) is 6.49. The highest BCUT2D eigenvalue weighted by molar-refractivity contribution is 9.10. The molecule has 0 saturated heterocycles. The molecule has 0 fully saturated rings. The van der Waals surface area contributed by atoms with E-state index in [9.17, 15) is 8.78 Å². The lowest BCUT2D eigenvalue weighted by molar-refractivity contribution is 0.577. The van der Waals surface area contributed by atoms with Crippen molar-refractivity contribution in [3.63, 3.8) is 0 Å². The van der Waals surface area contributed by atoms with Crippen molar-refractivity contribution < 1.29 is 8.78 Å². The van der Waals surface area contributed by atoms with Crippen LogP contribution in [0.1, 0.15) is 18.5 Å². The van der Waals surface area contributed by atoms with Crippen LogP contribution in [0.15, 0.2) is 53.5 Å². The summed E-state index contributed by atoms with van der Waals surface area (Å²) in [7, 11) is 0. The van der Waals surface area contributed by atoms with Crippen LogP contribution in [0.25, 0.3) is 11.3 Å². The van der Waals surface area contributed by atoms with Gasteiger partial charge in [0.05, 0.1) is 22.9 Å². The van der Waals surface area contributed by atoms with Gasteiger partial charge < -0.3 is 5.32 Å². The first-order valence-electron chi connectivity index (χ1n) is 7.77. The van der Waals surface area contributed by atoms with E-state index < -0.39 is 17.7 Å². The molecule has 132 valence electrons. The van der Waals surface area contributed by atoms with Gasteiger partial charge in [-0.05, 0) is 47.1 Å². The molecule has 0 amide bonds. The van der Waals surface area contributed by atoms with Crippen molar-refractivity contribution in [2.75, 3.05) is 5.32 Å². The highest BCUT2D eigenvalue weighted by Gasteiger charge is 2.14. The van der Waals surface area contributed by atoms with E-state index in [1.54, 1.807) is 47.0 Å². The zero-order valence-corrected chi connectivity index (χ0v) is 15.2. The quantitative estimate of drug-likeness (QED) is 0.541. The lowest BCUT2D eigenvalue weighted by atomic mass is 10.1. The monoisotopic (exact) mass is 418 g/mol. The summed E-state index contributed by atoms with van der Waals surface area (Å²) in [5.41, 5.74) is 1.51. The molecule has 6 nitrogen and oxygen atoms in total. The maximum absolute atomic E-state index is 14.0. The predicted octanol–water partition coefficient (Wildman–Crippen LogP) is 4.13. The van der Waals surface area contributed by atoms with E-state index in [4.69, 9.17) is 0 Å². The Labute approximate surface area is 155 Å². The Hall–Kier alpha value is -2.81. The molecule has 0 aliphatic rings. The van der Waals surface area contributed by atoms with Crippen LogP contribution in [0.3, 0.4) is 0 Å². The standard InChI is InChI=1S/C17H13BrF2N6/c1-10(13-6-12(19)2-3-14(13)20)23-16-4-5-25-17(24-16)15(8-22-25)26-9-11(18)7-21-26/h2-10H,1H3,(H,23,24)/t10-/m1/s1. The Bertz CT molecular complexity index is 1090. The number of halogens is 3. The summed E-state index contributed by atoms with van der Waals surface area (Å²) in [5.74, 6) is -0.443. The van der Waals surface area contributed by atoms with Gasteiger partial charge in [-0.3, -0.25) is 0 Å². The second-order valence-electron chi connectivity index (χ2n) is 5.75. The van der Waals surface area contributed by atoms with E-state index in [2.05, 4.69) is 36.4 Å². The minimum atomic E-state index is -0.485. The van der Waals surface area contributed by atoms with Gasteiger partial charge in [0.2, 0.25) is 0 Å². The topological polar surface area (TPSA) is 60.0 Å². The van der Waals surface area contributed by atoms with Crippen LogP contribution < -0.4 is 5.32 Å². The first-order chi connectivity index (χ1) is 12.5. The van der Waals surface area contributed by atoms with Crippen LogP contribution >= 0.6 is 15.9 Å². The minimum absolute atomic E-state index is 0.233. The van der Waals surface area contributed by atoms with Crippen molar-refractivity contribution in [2.45, 2.75) is 13.0 Å². The lowest BCUT2D eigenvalue weighted by Gasteiger charge is -2.16. The number of aromatic nitrogens is 5. The maximum atomic E-state index is 14.0. The summed E-state index contributed by atoms with van der Waals surface area (Å²) in [6.45, 7) is 1.74. The molecule has 0 unspecified atom stereocenters. The number of hydrogen-bond acceptors (Lipinski definition) is 4. The fourth-order valence-electron chi connectivity index (χ4n) is 2.68. The molecule has 0 aliphatic heterocycles. The first kappa shape index (κ1) is 16.6. The SMILES string of the molecule is C[C@@H](Nc1ccn2ncc(-n3cc(Br)cn3)c2n1)c1cc(F)ccc1F. The summed E-state index contributed by atoms with van der Waals surface area (Å²) in [6.07, 6.45) is 6.85. The number of rotatable bonds is 4. The predicted molar refractivity (Wildman–Crippen MR) is 96.2 cm³/mol. The highest BCUT2D eigenvalue weighted by Crippen LogP contribution is 2.23. The molecule has 3 heterocycles. The normalized spacial score (nSPS) is 12.5. The van der Waals surface area contributed by atoms with E-state index in [0.717, 1.165) is 16.6 Å². The Morgan fingerprint density at radius 2 is 2.00 bits per heavy atom. The number of anilines is 1. The summed E-state index contributed by atoms with van der Waals surface area (Å²) >= 11 is 3.36. The molecular formula is C17H13BrF2N6. The number of benzene rings is 1. The molecule has 0 bridgehead atoms. The molecule has 26 heavy (non-hydrogen) atoms. The molecule has 0 spiro atoms. The van der Waals surface area contributed by atoms with Crippen molar-refractivity contribution in [1.29, 1.82) is 0 Å². The third-order valence-electron chi connectivity index (χ3n) is 3.94. The fourth-order valence-corrected chi connectivity index (χ4v) is 2.96. The van der Waals surface area contributed by atoms with E-state index >= 15 is 0 Å². The van der Waals surface area contributed by atoms with Crippen LogP contribution in [0.5, 0.6) is 0 Å².